The Kier molecular flexibility index (Phi) is 5.14. The Bertz CT molecular complexity index is 835. The van der Waals surface area contributed by atoms with E-state index in [0.29, 0.717) is 12.2 Å². The summed E-state index contributed by atoms with van der Waals surface area (Å²) in [6, 6.07) is 23.1. The van der Waals surface area contributed by atoms with Gasteiger partial charge in [0.2, 0.25) is 0 Å². The number of rotatable bonds is 5. The van der Waals surface area contributed by atoms with Crippen molar-refractivity contribution in [1.82, 2.24) is 0 Å². The lowest BCUT2D eigenvalue weighted by Gasteiger charge is -2.12. The maximum Gasteiger partial charge on any atom is 0.255 e. The van der Waals surface area contributed by atoms with Gasteiger partial charge in [0.15, 0.2) is 0 Å². The Balaban J connectivity index is 1.64. The molecule has 0 aliphatic heterocycles. The number of ether oxygens (including phenoxy) is 1. The van der Waals surface area contributed by atoms with Crippen molar-refractivity contribution in [2.24, 2.45) is 0 Å². The molecule has 0 radical (unpaired) electrons. The van der Waals surface area contributed by atoms with Gasteiger partial charge in [0.25, 0.3) is 5.91 Å². The zero-order valence-electron chi connectivity index (χ0n) is 14.5. The molecule has 1 N–H and O–H groups in total. The van der Waals surface area contributed by atoms with Crippen LogP contribution in [0.1, 0.15) is 27.0 Å². The summed E-state index contributed by atoms with van der Waals surface area (Å²) in [6.07, 6.45) is 0. The summed E-state index contributed by atoms with van der Waals surface area (Å²) in [7, 11) is 0. The summed E-state index contributed by atoms with van der Waals surface area (Å²) < 4.78 is 5.72. The highest BCUT2D eigenvalue weighted by molar-refractivity contribution is 6.05. The van der Waals surface area contributed by atoms with E-state index in [-0.39, 0.29) is 5.91 Å². The molecule has 0 spiro atoms. The van der Waals surface area contributed by atoms with E-state index in [1.807, 2.05) is 86.6 Å². The van der Waals surface area contributed by atoms with Gasteiger partial charge < -0.3 is 10.1 Å². The van der Waals surface area contributed by atoms with E-state index in [4.69, 9.17) is 4.74 Å². The molecule has 0 aliphatic carbocycles. The number of para-hydroxylation sites is 2. The fourth-order valence-corrected chi connectivity index (χ4v) is 2.63. The van der Waals surface area contributed by atoms with E-state index in [2.05, 4.69) is 5.32 Å². The second kappa shape index (κ2) is 7.67. The van der Waals surface area contributed by atoms with Crippen LogP contribution in [-0.2, 0) is 6.61 Å². The van der Waals surface area contributed by atoms with Crippen LogP contribution in [0.2, 0.25) is 0 Å². The number of benzene rings is 3. The van der Waals surface area contributed by atoms with Crippen molar-refractivity contribution >= 4 is 11.6 Å². The van der Waals surface area contributed by atoms with E-state index in [1.54, 1.807) is 0 Å². The molecule has 3 heteroatoms. The van der Waals surface area contributed by atoms with Crippen LogP contribution in [0.25, 0.3) is 0 Å². The SMILES string of the molecule is Cc1cccc(C)c1NC(=O)c1ccc(COc2ccccc2)cc1. The van der Waals surface area contributed by atoms with Gasteiger partial charge in [-0.05, 0) is 54.8 Å². The van der Waals surface area contributed by atoms with E-state index in [9.17, 15) is 4.79 Å². The van der Waals surface area contributed by atoms with Crippen molar-refractivity contribution < 1.29 is 9.53 Å². The van der Waals surface area contributed by atoms with Crippen LogP contribution in [0.3, 0.4) is 0 Å². The average molecular weight is 331 g/mol. The summed E-state index contributed by atoms with van der Waals surface area (Å²) in [5.41, 5.74) is 4.64. The quantitative estimate of drug-likeness (QED) is 0.703. The van der Waals surface area contributed by atoms with Crippen molar-refractivity contribution in [2.45, 2.75) is 20.5 Å². The standard InChI is InChI=1S/C22H21NO2/c1-16-7-6-8-17(2)21(16)23-22(24)19-13-11-18(12-14-19)15-25-20-9-4-3-5-10-20/h3-14H,15H2,1-2H3,(H,23,24). The minimum atomic E-state index is -0.104. The topological polar surface area (TPSA) is 38.3 Å². The van der Waals surface area contributed by atoms with Gasteiger partial charge in [-0.25, -0.2) is 0 Å². The Morgan fingerprint density at radius 1 is 0.840 bits per heavy atom. The molecule has 3 aromatic carbocycles. The first-order valence-electron chi connectivity index (χ1n) is 8.28. The molecule has 1 amide bonds. The van der Waals surface area contributed by atoms with Gasteiger partial charge in [-0.15, -0.1) is 0 Å². The number of carbonyl (C=O) groups is 1. The minimum Gasteiger partial charge on any atom is -0.489 e. The fourth-order valence-electron chi connectivity index (χ4n) is 2.63. The lowest BCUT2D eigenvalue weighted by Crippen LogP contribution is -2.13. The number of hydrogen-bond acceptors (Lipinski definition) is 2. The lowest BCUT2D eigenvalue weighted by atomic mass is 10.1. The first-order valence-corrected chi connectivity index (χ1v) is 8.28. The molecule has 0 unspecified atom stereocenters. The van der Waals surface area contributed by atoms with Crippen molar-refractivity contribution in [2.75, 3.05) is 5.32 Å². The molecule has 3 rings (SSSR count). The highest BCUT2D eigenvalue weighted by atomic mass is 16.5. The molecule has 0 aliphatic rings. The predicted molar refractivity (Wildman–Crippen MR) is 101 cm³/mol. The van der Waals surface area contributed by atoms with Crippen molar-refractivity contribution in [3.05, 3.63) is 95.1 Å². The molecule has 0 fully saturated rings. The van der Waals surface area contributed by atoms with Crippen molar-refractivity contribution in [1.29, 1.82) is 0 Å². The number of anilines is 1. The van der Waals surface area contributed by atoms with Crippen LogP contribution >= 0.6 is 0 Å². The number of carbonyl (C=O) groups excluding carboxylic acids is 1. The summed E-state index contributed by atoms with van der Waals surface area (Å²) >= 11 is 0. The summed E-state index contributed by atoms with van der Waals surface area (Å²) in [4.78, 5) is 12.5. The van der Waals surface area contributed by atoms with Gasteiger partial charge in [0.1, 0.15) is 12.4 Å². The minimum absolute atomic E-state index is 0.104. The molecule has 0 atom stereocenters. The van der Waals surface area contributed by atoms with E-state index in [0.717, 1.165) is 28.1 Å². The highest BCUT2D eigenvalue weighted by Crippen LogP contribution is 2.20. The lowest BCUT2D eigenvalue weighted by molar-refractivity contribution is 0.102. The zero-order chi connectivity index (χ0) is 17.6. The van der Waals surface area contributed by atoms with Crippen LogP contribution in [0, 0.1) is 13.8 Å². The molecule has 0 heterocycles. The normalized spacial score (nSPS) is 10.3. The molecule has 0 bridgehead atoms. The maximum absolute atomic E-state index is 12.5. The van der Waals surface area contributed by atoms with Gasteiger partial charge >= 0.3 is 0 Å². The third-order valence-electron chi connectivity index (χ3n) is 4.08. The smallest absolute Gasteiger partial charge is 0.255 e. The van der Waals surface area contributed by atoms with E-state index >= 15 is 0 Å². The van der Waals surface area contributed by atoms with Gasteiger partial charge in [0.05, 0.1) is 0 Å². The first-order chi connectivity index (χ1) is 12.1. The number of amides is 1. The molecule has 25 heavy (non-hydrogen) atoms. The largest absolute Gasteiger partial charge is 0.489 e. The fraction of sp³-hybridized carbons (Fsp3) is 0.136. The Morgan fingerprint density at radius 3 is 2.12 bits per heavy atom. The third-order valence-corrected chi connectivity index (χ3v) is 4.08. The van der Waals surface area contributed by atoms with E-state index < -0.39 is 0 Å². The van der Waals surface area contributed by atoms with Gasteiger partial charge in [-0.2, -0.15) is 0 Å². The summed E-state index contributed by atoms with van der Waals surface area (Å²) in [5.74, 6) is 0.729. The average Bonchev–Trinajstić information content (AvgIpc) is 2.64. The van der Waals surface area contributed by atoms with Crippen LogP contribution in [0.15, 0.2) is 72.8 Å². The van der Waals surface area contributed by atoms with E-state index in [1.165, 1.54) is 0 Å². The second-order valence-corrected chi connectivity index (χ2v) is 6.02. The molecule has 0 saturated carbocycles. The molecule has 126 valence electrons. The zero-order valence-corrected chi connectivity index (χ0v) is 14.5. The first kappa shape index (κ1) is 16.8. The monoisotopic (exact) mass is 331 g/mol. The molecular formula is C22H21NO2. The molecular weight excluding hydrogens is 310 g/mol. The summed E-state index contributed by atoms with van der Waals surface area (Å²) in [6.45, 7) is 4.46. The Labute approximate surface area is 148 Å². The Morgan fingerprint density at radius 2 is 1.48 bits per heavy atom. The van der Waals surface area contributed by atoms with Crippen molar-refractivity contribution in [3.8, 4) is 5.75 Å². The summed E-state index contributed by atoms with van der Waals surface area (Å²) in [5, 5.41) is 3.00. The van der Waals surface area contributed by atoms with Crippen LogP contribution in [0.5, 0.6) is 5.75 Å². The van der Waals surface area contributed by atoms with Gasteiger partial charge in [-0.3, -0.25) is 4.79 Å². The van der Waals surface area contributed by atoms with Gasteiger partial charge in [-0.1, -0.05) is 48.5 Å². The highest BCUT2D eigenvalue weighted by Gasteiger charge is 2.09. The number of hydrogen-bond donors (Lipinski definition) is 1. The van der Waals surface area contributed by atoms with Gasteiger partial charge in [0, 0.05) is 11.3 Å². The molecule has 3 aromatic rings. The van der Waals surface area contributed by atoms with Crippen LogP contribution in [-0.4, -0.2) is 5.91 Å². The molecule has 0 saturated heterocycles. The second-order valence-electron chi connectivity index (χ2n) is 6.02. The van der Waals surface area contributed by atoms with Crippen LogP contribution in [0.4, 0.5) is 5.69 Å². The molecule has 0 aromatic heterocycles. The molecule has 3 nitrogen and oxygen atoms in total. The van der Waals surface area contributed by atoms with Crippen molar-refractivity contribution in [3.63, 3.8) is 0 Å². The third kappa shape index (κ3) is 4.27. The number of nitrogens with one attached hydrogen (secondary N) is 1. The maximum atomic E-state index is 12.5. The Hall–Kier alpha value is -3.07. The number of aryl methyl sites for hydroxylation is 2. The van der Waals surface area contributed by atoms with Crippen LogP contribution < -0.4 is 10.1 Å². The predicted octanol–water partition coefficient (Wildman–Crippen LogP) is 5.13.